The highest BCUT2D eigenvalue weighted by Gasteiger charge is 2.11. The van der Waals surface area contributed by atoms with Gasteiger partial charge in [0.15, 0.2) is 0 Å². The van der Waals surface area contributed by atoms with Crippen LogP contribution in [0.2, 0.25) is 0 Å². The fourth-order valence-corrected chi connectivity index (χ4v) is 0.902. The standard InChI is InChI=1S/C5H13O4P.H2O/c1-2-3-4-5-9-10(6,7)8;/h2-5H2,1H3,(H2,6,7,8);1H2. The van der Waals surface area contributed by atoms with Crippen LogP contribution < -0.4 is 0 Å². The SMILES string of the molecule is CCCCCOP(=O)(O)O.O. The van der Waals surface area contributed by atoms with E-state index in [-0.39, 0.29) is 12.1 Å². The van der Waals surface area contributed by atoms with Crippen LogP contribution in [0.5, 0.6) is 0 Å². The Balaban J connectivity index is 0. The third kappa shape index (κ3) is 13.1. The van der Waals surface area contributed by atoms with Crippen molar-refractivity contribution in [3.63, 3.8) is 0 Å². The van der Waals surface area contributed by atoms with Crippen LogP contribution in [0.4, 0.5) is 0 Å². The number of hydrogen-bond donors (Lipinski definition) is 2. The van der Waals surface area contributed by atoms with Crippen LogP contribution in [0.15, 0.2) is 0 Å². The Morgan fingerprint density at radius 1 is 1.36 bits per heavy atom. The van der Waals surface area contributed by atoms with Crippen molar-refractivity contribution in [2.45, 2.75) is 26.2 Å². The molecule has 11 heavy (non-hydrogen) atoms. The summed E-state index contributed by atoms with van der Waals surface area (Å²) in [6, 6.07) is 0. The van der Waals surface area contributed by atoms with Gasteiger partial charge in [-0.1, -0.05) is 19.8 Å². The monoisotopic (exact) mass is 186 g/mol. The highest BCUT2D eigenvalue weighted by molar-refractivity contribution is 7.46. The van der Waals surface area contributed by atoms with Gasteiger partial charge < -0.3 is 15.3 Å². The van der Waals surface area contributed by atoms with Gasteiger partial charge in [-0.25, -0.2) is 4.57 Å². The zero-order chi connectivity index (χ0) is 8.04. The first-order valence-corrected chi connectivity index (χ1v) is 4.79. The van der Waals surface area contributed by atoms with Gasteiger partial charge in [-0.15, -0.1) is 0 Å². The average molecular weight is 186 g/mol. The normalized spacial score (nSPS) is 10.8. The van der Waals surface area contributed by atoms with E-state index in [1.807, 2.05) is 6.92 Å². The summed E-state index contributed by atoms with van der Waals surface area (Å²) in [5.74, 6) is 0. The van der Waals surface area contributed by atoms with Crippen molar-refractivity contribution < 1.29 is 24.4 Å². The van der Waals surface area contributed by atoms with Crippen molar-refractivity contribution in [2.24, 2.45) is 0 Å². The Hall–Kier alpha value is 0.0700. The molecule has 0 unspecified atom stereocenters. The third-order valence-corrected chi connectivity index (χ3v) is 1.53. The maximum Gasteiger partial charge on any atom is 0.469 e. The zero-order valence-corrected chi connectivity index (χ0v) is 7.38. The molecule has 0 fully saturated rings. The second-order valence-corrected chi connectivity index (χ2v) is 3.27. The lowest BCUT2D eigenvalue weighted by Crippen LogP contribution is -1.91. The van der Waals surface area contributed by atoms with E-state index in [9.17, 15) is 4.57 Å². The second-order valence-electron chi connectivity index (χ2n) is 2.03. The van der Waals surface area contributed by atoms with E-state index in [0.717, 1.165) is 12.8 Å². The van der Waals surface area contributed by atoms with E-state index in [4.69, 9.17) is 9.79 Å². The maximum absolute atomic E-state index is 10.1. The van der Waals surface area contributed by atoms with Gasteiger partial charge in [0.25, 0.3) is 0 Å². The number of phosphoric ester groups is 1. The maximum atomic E-state index is 10.1. The van der Waals surface area contributed by atoms with E-state index in [2.05, 4.69) is 4.52 Å². The minimum absolute atomic E-state index is 0. The molecule has 0 radical (unpaired) electrons. The van der Waals surface area contributed by atoms with Crippen LogP contribution in [0.3, 0.4) is 0 Å². The molecular weight excluding hydrogens is 171 g/mol. The Labute approximate surface area is 65.9 Å². The Bertz CT molecular complexity index is 120. The minimum Gasteiger partial charge on any atom is -0.412 e. The first kappa shape index (κ1) is 13.6. The molecule has 0 aliphatic carbocycles. The van der Waals surface area contributed by atoms with Gasteiger partial charge in [0.1, 0.15) is 0 Å². The van der Waals surface area contributed by atoms with Gasteiger partial charge in [-0.3, -0.25) is 4.52 Å². The summed E-state index contributed by atoms with van der Waals surface area (Å²) < 4.78 is 14.3. The van der Waals surface area contributed by atoms with E-state index >= 15 is 0 Å². The number of hydrogen-bond acceptors (Lipinski definition) is 2. The summed E-state index contributed by atoms with van der Waals surface area (Å²) in [4.78, 5) is 16.4. The highest BCUT2D eigenvalue weighted by atomic mass is 31.2. The van der Waals surface area contributed by atoms with Crippen LogP contribution in [0, 0.1) is 0 Å². The van der Waals surface area contributed by atoms with Crippen molar-refractivity contribution in [3.8, 4) is 0 Å². The first-order chi connectivity index (χ1) is 4.56. The fraction of sp³-hybridized carbons (Fsp3) is 1.00. The van der Waals surface area contributed by atoms with Crippen molar-refractivity contribution in [3.05, 3.63) is 0 Å². The lowest BCUT2D eigenvalue weighted by atomic mass is 10.3. The largest absolute Gasteiger partial charge is 0.469 e. The molecule has 0 aromatic carbocycles. The molecule has 0 aliphatic heterocycles. The molecule has 0 spiro atoms. The average Bonchev–Trinajstić information content (AvgIpc) is 1.78. The summed E-state index contributed by atoms with van der Waals surface area (Å²) in [5, 5.41) is 0. The number of phosphoric acid groups is 1. The van der Waals surface area contributed by atoms with E-state index < -0.39 is 7.82 Å². The van der Waals surface area contributed by atoms with Crippen molar-refractivity contribution in [2.75, 3.05) is 6.61 Å². The molecule has 0 saturated heterocycles. The van der Waals surface area contributed by atoms with E-state index in [1.54, 1.807) is 0 Å². The van der Waals surface area contributed by atoms with E-state index in [1.165, 1.54) is 0 Å². The smallest absolute Gasteiger partial charge is 0.412 e. The number of rotatable bonds is 5. The highest BCUT2D eigenvalue weighted by Crippen LogP contribution is 2.35. The molecule has 6 heteroatoms. The minimum atomic E-state index is -4.21. The van der Waals surface area contributed by atoms with Crippen LogP contribution in [0.25, 0.3) is 0 Å². The van der Waals surface area contributed by atoms with Gasteiger partial charge >= 0.3 is 7.82 Å². The quantitative estimate of drug-likeness (QED) is 0.481. The van der Waals surface area contributed by atoms with Gasteiger partial charge in [0, 0.05) is 0 Å². The second kappa shape index (κ2) is 6.76. The Morgan fingerprint density at radius 2 is 1.91 bits per heavy atom. The van der Waals surface area contributed by atoms with Crippen LogP contribution in [0.1, 0.15) is 26.2 Å². The van der Waals surface area contributed by atoms with Gasteiger partial charge in [-0.05, 0) is 6.42 Å². The summed E-state index contributed by atoms with van der Waals surface area (Å²) in [5.41, 5.74) is 0. The van der Waals surface area contributed by atoms with Crippen molar-refractivity contribution in [1.82, 2.24) is 0 Å². The molecule has 0 aromatic rings. The van der Waals surface area contributed by atoms with E-state index in [0.29, 0.717) is 6.42 Å². The Kier molecular flexibility index (Phi) is 8.39. The Morgan fingerprint density at radius 3 is 2.27 bits per heavy atom. The summed E-state index contributed by atoms with van der Waals surface area (Å²) >= 11 is 0. The molecule has 70 valence electrons. The molecule has 4 N–H and O–H groups in total. The van der Waals surface area contributed by atoms with Gasteiger partial charge in [0.05, 0.1) is 6.61 Å². The molecule has 0 aliphatic rings. The number of unbranched alkanes of at least 4 members (excludes halogenated alkanes) is 2. The molecular formula is C5H15O5P. The molecule has 0 amide bonds. The fourth-order valence-electron chi connectivity index (χ4n) is 0.536. The topological polar surface area (TPSA) is 98.3 Å². The predicted octanol–water partition coefficient (Wildman–Crippen LogP) is 0.461. The van der Waals surface area contributed by atoms with Crippen molar-refractivity contribution >= 4 is 7.82 Å². The van der Waals surface area contributed by atoms with Gasteiger partial charge in [0.2, 0.25) is 0 Å². The lowest BCUT2D eigenvalue weighted by Gasteiger charge is -2.02. The first-order valence-electron chi connectivity index (χ1n) is 3.26. The van der Waals surface area contributed by atoms with Crippen LogP contribution >= 0.6 is 7.82 Å². The summed E-state index contributed by atoms with van der Waals surface area (Å²) in [7, 11) is -4.21. The summed E-state index contributed by atoms with van der Waals surface area (Å²) in [6.07, 6.45) is 2.67. The molecule has 0 atom stereocenters. The molecule has 5 nitrogen and oxygen atoms in total. The van der Waals surface area contributed by atoms with Crippen LogP contribution in [-0.2, 0) is 9.09 Å². The molecule has 0 saturated carbocycles. The molecule has 0 rings (SSSR count). The van der Waals surface area contributed by atoms with Crippen LogP contribution in [-0.4, -0.2) is 21.9 Å². The lowest BCUT2D eigenvalue weighted by molar-refractivity contribution is 0.193. The van der Waals surface area contributed by atoms with Crippen molar-refractivity contribution in [1.29, 1.82) is 0 Å². The predicted molar refractivity (Wildman–Crippen MR) is 41.1 cm³/mol. The summed E-state index contributed by atoms with van der Waals surface area (Å²) in [6.45, 7) is 2.16. The molecule has 0 heterocycles. The third-order valence-electron chi connectivity index (χ3n) is 1.01. The van der Waals surface area contributed by atoms with Gasteiger partial charge in [-0.2, -0.15) is 0 Å². The molecule has 0 bridgehead atoms. The zero-order valence-electron chi connectivity index (χ0n) is 6.49. The molecule has 0 aromatic heterocycles.